The Kier molecular flexibility index (Phi) is 6.76. The van der Waals surface area contributed by atoms with E-state index in [2.05, 4.69) is 10.2 Å². The summed E-state index contributed by atoms with van der Waals surface area (Å²) in [6, 6.07) is 12.7. The lowest BCUT2D eigenvalue weighted by Gasteiger charge is -2.40. The van der Waals surface area contributed by atoms with Gasteiger partial charge in [-0.1, -0.05) is 24.3 Å². The van der Waals surface area contributed by atoms with Gasteiger partial charge in [0.25, 0.3) is 0 Å². The molecule has 9 heteroatoms. The summed E-state index contributed by atoms with van der Waals surface area (Å²) in [4.78, 5) is 34.4. The Bertz CT molecular complexity index is 1040. The van der Waals surface area contributed by atoms with E-state index in [0.29, 0.717) is 37.7 Å². The van der Waals surface area contributed by atoms with E-state index in [9.17, 15) is 14.0 Å². The van der Waals surface area contributed by atoms with Gasteiger partial charge in [0, 0.05) is 26.2 Å². The summed E-state index contributed by atoms with van der Waals surface area (Å²) in [5, 5.41) is 2.78. The highest BCUT2D eigenvalue weighted by molar-refractivity contribution is 6.08. The van der Waals surface area contributed by atoms with Crippen molar-refractivity contribution >= 4 is 23.5 Å². The molecule has 2 aliphatic heterocycles. The van der Waals surface area contributed by atoms with Crippen LogP contribution in [-0.2, 0) is 14.3 Å². The van der Waals surface area contributed by atoms with Crippen LogP contribution in [0.5, 0.6) is 5.75 Å². The maximum absolute atomic E-state index is 13.5. The number of esters is 1. The second-order valence-electron chi connectivity index (χ2n) is 7.81. The molecule has 0 aromatic heterocycles. The summed E-state index contributed by atoms with van der Waals surface area (Å²) in [6.07, 6.45) is 0. The van der Waals surface area contributed by atoms with Crippen molar-refractivity contribution in [2.24, 2.45) is 10.9 Å². The lowest BCUT2D eigenvalue weighted by atomic mass is 9.91. The predicted molar refractivity (Wildman–Crippen MR) is 122 cm³/mol. The van der Waals surface area contributed by atoms with Crippen molar-refractivity contribution in [1.29, 1.82) is 0 Å². The third-order valence-electron chi connectivity index (χ3n) is 5.85. The average Bonchev–Trinajstić information content (AvgIpc) is 2.84. The Hall–Kier alpha value is -3.62. The molecular weight excluding hydrogens is 427 g/mol. The van der Waals surface area contributed by atoms with Gasteiger partial charge in [-0.2, -0.15) is 0 Å². The normalized spacial score (nSPS) is 20.7. The molecule has 33 heavy (non-hydrogen) atoms. The van der Waals surface area contributed by atoms with Crippen molar-refractivity contribution < 1.29 is 23.5 Å². The number of benzene rings is 2. The minimum atomic E-state index is -1.13. The van der Waals surface area contributed by atoms with E-state index in [4.69, 9.17) is 14.5 Å². The molecular formula is C24H27FN4O4. The number of hydrogen-bond donors (Lipinski definition) is 1. The first-order valence-electron chi connectivity index (χ1n) is 11.0. The van der Waals surface area contributed by atoms with E-state index in [0.717, 1.165) is 11.4 Å². The van der Waals surface area contributed by atoms with E-state index in [1.54, 1.807) is 26.2 Å². The minimum absolute atomic E-state index is 0.153. The number of halogens is 1. The van der Waals surface area contributed by atoms with Gasteiger partial charge >= 0.3 is 5.97 Å². The van der Waals surface area contributed by atoms with Gasteiger partial charge in [0.1, 0.15) is 17.6 Å². The van der Waals surface area contributed by atoms with E-state index < -0.39 is 29.7 Å². The van der Waals surface area contributed by atoms with Crippen LogP contribution in [0.1, 0.15) is 18.5 Å². The highest BCUT2D eigenvalue weighted by Gasteiger charge is 2.42. The van der Waals surface area contributed by atoms with Crippen molar-refractivity contribution in [3.05, 3.63) is 59.9 Å². The SMILES string of the molecule is CCOC(=O)[C@@H]1C(=O)NC(N2CCN(c3ccccc3OC)CC2)=N[C@@H]1c1ccc(F)cc1. The molecule has 2 aromatic carbocycles. The molecule has 0 bridgehead atoms. The number of aliphatic imine (C=N–C) groups is 1. The number of ether oxygens (including phenoxy) is 2. The predicted octanol–water partition coefficient (Wildman–Crippen LogP) is 2.36. The number of hydrogen-bond acceptors (Lipinski definition) is 7. The summed E-state index contributed by atoms with van der Waals surface area (Å²) in [7, 11) is 1.65. The number of piperazine rings is 1. The first-order valence-corrected chi connectivity index (χ1v) is 11.0. The third kappa shape index (κ3) is 4.76. The van der Waals surface area contributed by atoms with Gasteiger partial charge in [0.05, 0.1) is 19.4 Å². The van der Waals surface area contributed by atoms with Gasteiger partial charge < -0.3 is 19.3 Å². The molecule has 0 aliphatic carbocycles. The monoisotopic (exact) mass is 454 g/mol. The Balaban J connectivity index is 1.56. The molecule has 0 unspecified atom stereocenters. The van der Waals surface area contributed by atoms with Gasteiger partial charge in [-0.15, -0.1) is 0 Å². The van der Waals surface area contributed by atoms with E-state index in [1.165, 1.54) is 12.1 Å². The van der Waals surface area contributed by atoms with Crippen molar-refractivity contribution in [2.75, 3.05) is 44.8 Å². The van der Waals surface area contributed by atoms with Gasteiger partial charge in [0.15, 0.2) is 5.92 Å². The molecule has 4 rings (SSSR count). The molecule has 1 saturated heterocycles. The number of amides is 1. The largest absolute Gasteiger partial charge is 0.495 e. The number of nitrogens with zero attached hydrogens (tertiary/aromatic N) is 3. The fourth-order valence-corrected chi connectivity index (χ4v) is 4.18. The molecule has 1 fully saturated rings. The molecule has 2 atom stereocenters. The van der Waals surface area contributed by atoms with Crippen LogP contribution in [0.3, 0.4) is 0 Å². The highest BCUT2D eigenvalue weighted by atomic mass is 19.1. The number of carbonyl (C=O) groups excluding carboxylic acids is 2. The molecule has 174 valence electrons. The number of nitrogens with one attached hydrogen (secondary N) is 1. The molecule has 2 aromatic rings. The molecule has 0 saturated carbocycles. The van der Waals surface area contributed by atoms with Crippen LogP contribution >= 0.6 is 0 Å². The third-order valence-corrected chi connectivity index (χ3v) is 5.85. The van der Waals surface area contributed by atoms with Gasteiger partial charge in [-0.25, -0.2) is 9.38 Å². The Morgan fingerprint density at radius 1 is 1.09 bits per heavy atom. The van der Waals surface area contributed by atoms with Crippen LogP contribution in [0.2, 0.25) is 0 Å². The quantitative estimate of drug-likeness (QED) is 0.552. The average molecular weight is 455 g/mol. The van der Waals surface area contributed by atoms with E-state index in [1.807, 2.05) is 29.2 Å². The summed E-state index contributed by atoms with van der Waals surface area (Å²) in [5.41, 5.74) is 1.59. The molecule has 1 N–H and O–H groups in total. The molecule has 8 nitrogen and oxygen atoms in total. The first-order chi connectivity index (χ1) is 16.0. The zero-order chi connectivity index (χ0) is 23.4. The fourth-order valence-electron chi connectivity index (χ4n) is 4.18. The van der Waals surface area contributed by atoms with Crippen molar-refractivity contribution in [3.63, 3.8) is 0 Å². The molecule has 1 amide bonds. The topological polar surface area (TPSA) is 83.5 Å². The van der Waals surface area contributed by atoms with Crippen LogP contribution in [0.25, 0.3) is 0 Å². The number of carbonyl (C=O) groups is 2. The summed E-state index contributed by atoms with van der Waals surface area (Å²) >= 11 is 0. The van der Waals surface area contributed by atoms with Gasteiger partial charge in [-0.3, -0.25) is 14.9 Å². The van der Waals surface area contributed by atoms with Crippen molar-refractivity contribution in [3.8, 4) is 5.75 Å². The zero-order valence-corrected chi connectivity index (χ0v) is 18.7. The first kappa shape index (κ1) is 22.6. The van der Waals surface area contributed by atoms with Crippen LogP contribution < -0.4 is 15.0 Å². The van der Waals surface area contributed by atoms with Crippen molar-refractivity contribution in [1.82, 2.24) is 10.2 Å². The zero-order valence-electron chi connectivity index (χ0n) is 18.7. The second-order valence-corrected chi connectivity index (χ2v) is 7.81. The maximum atomic E-state index is 13.5. The lowest BCUT2D eigenvalue weighted by Crippen LogP contribution is -2.57. The Morgan fingerprint density at radius 2 is 1.76 bits per heavy atom. The Morgan fingerprint density at radius 3 is 2.42 bits per heavy atom. The fraction of sp³-hybridized carbons (Fsp3) is 0.375. The molecule has 2 aliphatic rings. The molecule has 0 spiro atoms. The molecule has 2 heterocycles. The number of anilines is 1. The Labute approximate surface area is 192 Å². The summed E-state index contributed by atoms with van der Waals surface area (Å²) < 4.78 is 24.1. The van der Waals surface area contributed by atoms with Crippen LogP contribution in [-0.4, -0.2) is 62.6 Å². The summed E-state index contributed by atoms with van der Waals surface area (Å²) in [5.74, 6) is -1.43. The van der Waals surface area contributed by atoms with Crippen molar-refractivity contribution in [2.45, 2.75) is 13.0 Å². The summed E-state index contributed by atoms with van der Waals surface area (Å²) in [6.45, 7) is 4.49. The van der Waals surface area contributed by atoms with Gasteiger partial charge in [-0.05, 0) is 36.8 Å². The van der Waals surface area contributed by atoms with Crippen LogP contribution in [0.15, 0.2) is 53.5 Å². The maximum Gasteiger partial charge on any atom is 0.321 e. The number of para-hydroxylation sites is 2. The van der Waals surface area contributed by atoms with Gasteiger partial charge in [0.2, 0.25) is 11.9 Å². The molecule has 0 radical (unpaired) electrons. The van der Waals surface area contributed by atoms with E-state index >= 15 is 0 Å². The highest BCUT2D eigenvalue weighted by Crippen LogP contribution is 2.32. The standard InChI is InChI=1S/C24H27FN4O4/c1-3-33-23(31)20-21(16-8-10-17(25)11-9-16)26-24(27-22(20)30)29-14-12-28(13-15-29)18-6-4-5-7-19(18)32-2/h4-11,20-21H,3,12-15H2,1-2H3,(H,26,27,30)/t20-,21+/m0/s1. The lowest BCUT2D eigenvalue weighted by molar-refractivity contribution is -0.153. The minimum Gasteiger partial charge on any atom is -0.495 e. The number of rotatable bonds is 5. The van der Waals surface area contributed by atoms with Crippen LogP contribution in [0.4, 0.5) is 10.1 Å². The number of methoxy groups -OCH3 is 1. The number of guanidine groups is 1. The van der Waals surface area contributed by atoms with E-state index in [-0.39, 0.29) is 6.61 Å². The van der Waals surface area contributed by atoms with Crippen LogP contribution in [0, 0.1) is 11.7 Å². The second kappa shape index (κ2) is 9.89. The smallest absolute Gasteiger partial charge is 0.321 e.